The smallest absolute Gasteiger partial charge is 0.0462 e. The maximum atomic E-state index is 9.46. The van der Waals surface area contributed by atoms with E-state index in [0.717, 1.165) is 11.8 Å². The molecule has 0 amide bonds. The zero-order valence-corrected chi connectivity index (χ0v) is 9.63. The van der Waals surface area contributed by atoms with Gasteiger partial charge in [0.25, 0.3) is 0 Å². The molecule has 3 atom stereocenters. The Bertz CT molecular complexity index is 189. The van der Waals surface area contributed by atoms with Crippen LogP contribution in [0.25, 0.3) is 0 Å². The standard InChI is InChI=1S/C13H24O/c1-13(2)8-4-7-10-5-3-6-11(9-14)12(10)13/h10-12,14H,3-9H2,1-2H3. The minimum Gasteiger partial charge on any atom is -0.396 e. The van der Waals surface area contributed by atoms with E-state index in [-0.39, 0.29) is 0 Å². The molecule has 0 aromatic carbocycles. The quantitative estimate of drug-likeness (QED) is 0.682. The van der Waals surface area contributed by atoms with E-state index in [1.807, 2.05) is 0 Å². The van der Waals surface area contributed by atoms with E-state index >= 15 is 0 Å². The molecule has 0 aromatic rings. The van der Waals surface area contributed by atoms with E-state index in [4.69, 9.17) is 0 Å². The summed E-state index contributed by atoms with van der Waals surface area (Å²) in [5.41, 5.74) is 0.483. The Morgan fingerprint density at radius 3 is 2.57 bits per heavy atom. The van der Waals surface area contributed by atoms with Crippen LogP contribution in [0.5, 0.6) is 0 Å². The van der Waals surface area contributed by atoms with Gasteiger partial charge in [0.1, 0.15) is 0 Å². The number of fused-ring (bicyclic) bond motifs is 1. The Morgan fingerprint density at radius 1 is 1.14 bits per heavy atom. The van der Waals surface area contributed by atoms with Gasteiger partial charge in [-0.25, -0.2) is 0 Å². The molecule has 0 saturated heterocycles. The van der Waals surface area contributed by atoms with Gasteiger partial charge in [-0.15, -0.1) is 0 Å². The molecule has 0 bridgehead atoms. The Kier molecular flexibility index (Phi) is 2.88. The molecule has 0 radical (unpaired) electrons. The van der Waals surface area contributed by atoms with Crippen LogP contribution in [0.2, 0.25) is 0 Å². The predicted octanol–water partition coefficient (Wildman–Crippen LogP) is 3.22. The maximum absolute atomic E-state index is 9.46. The van der Waals surface area contributed by atoms with Gasteiger partial charge in [-0.1, -0.05) is 39.5 Å². The number of aliphatic hydroxyl groups excluding tert-OH is 1. The first-order valence-electron chi connectivity index (χ1n) is 6.26. The highest BCUT2D eigenvalue weighted by molar-refractivity contribution is 4.94. The summed E-state index contributed by atoms with van der Waals surface area (Å²) in [6, 6.07) is 0. The highest BCUT2D eigenvalue weighted by atomic mass is 16.3. The molecule has 2 aliphatic rings. The molecule has 82 valence electrons. The average molecular weight is 196 g/mol. The van der Waals surface area contributed by atoms with Crippen LogP contribution >= 0.6 is 0 Å². The molecule has 3 unspecified atom stereocenters. The summed E-state index contributed by atoms with van der Waals surface area (Å²) < 4.78 is 0. The summed E-state index contributed by atoms with van der Waals surface area (Å²) in [7, 11) is 0. The first-order valence-corrected chi connectivity index (χ1v) is 6.26. The van der Waals surface area contributed by atoms with Crippen molar-refractivity contribution in [3.05, 3.63) is 0 Å². The van der Waals surface area contributed by atoms with Crippen molar-refractivity contribution in [1.29, 1.82) is 0 Å². The van der Waals surface area contributed by atoms with Crippen molar-refractivity contribution in [1.82, 2.24) is 0 Å². The fourth-order valence-corrected chi connectivity index (χ4v) is 4.18. The van der Waals surface area contributed by atoms with Gasteiger partial charge in [-0.05, 0) is 36.0 Å². The third-order valence-electron chi connectivity index (χ3n) is 4.70. The Labute approximate surface area is 87.9 Å². The molecule has 2 rings (SSSR count). The van der Waals surface area contributed by atoms with Crippen LogP contribution in [-0.4, -0.2) is 11.7 Å². The van der Waals surface area contributed by atoms with Gasteiger partial charge in [-0.3, -0.25) is 0 Å². The van der Waals surface area contributed by atoms with Gasteiger partial charge in [0, 0.05) is 6.61 Å². The van der Waals surface area contributed by atoms with E-state index in [1.165, 1.54) is 38.5 Å². The summed E-state index contributed by atoms with van der Waals surface area (Å²) in [5.74, 6) is 2.32. The summed E-state index contributed by atoms with van der Waals surface area (Å²) in [6.45, 7) is 5.25. The van der Waals surface area contributed by atoms with E-state index < -0.39 is 0 Å². The lowest BCUT2D eigenvalue weighted by Crippen LogP contribution is -2.43. The van der Waals surface area contributed by atoms with Crippen LogP contribution < -0.4 is 0 Å². The fraction of sp³-hybridized carbons (Fsp3) is 1.00. The largest absolute Gasteiger partial charge is 0.396 e. The highest BCUT2D eigenvalue weighted by Crippen LogP contribution is 2.52. The number of hydrogen-bond donors (Lipinski definition) is 1. The lowest BCUT2D eigenvalue weighted by atomic mass is 9.55. The maximum Gasteiger partial charge on any atom is 0.0462 e. The minimum absolute atomic E-state index is 0.421. The predicted molar refractivity (Wildman–Crippen MR) is 59.0 cm³/mol. The molecular formula is C13H24O. The van der Waals surface area contributed by atoms with Crippen LogP contribution in [0.4, 0.5) is 0 Å². The number of hydrogen-bond acceptors (Lipinski definition) is 1. The van der Waals surface area contributed by atoms with E-state index in [2.05, 4.69) is 13.8 Å². The van der Waals surface area contributed by atoms with Gasteiger partial charge in [0.2, 0.25) is 0 Å². The molecule has 1 N–H and O–H groups in total. The first-order chi connectivity index (χ1) is 6.65. The third-order valence-corrected chi connectivity index (χ3v) is 4.70. The van der Waals surface area contributed by atoms with E-state index in [1.54, 1.807) is 0 Å². The van der Waals surface area contributed by atoms with Gasteiger partial charge < -0.3 is 5.11 Å². The van der Waals surface area contributed by atoms with Crippen LogP contribution in [0.3, 0.4) is 0 Å². The highest BCUT2D eigenvalue weighted by Gasteiger charge is 2.44. The molecule has 14 heavy (non-hydrogen) atoms. The van der Waals surface area contributed by atoms with Crippen molar-refractivity contribution in [2.75, 3.05) is 6.61 Å². The Hall–Kier alpha value is -0.0400. The van der Waals surface area contributed by atoms with Gasteiger partial charge in [-0.2, -0.15) is 0 Å². The number of rotatable bonds is 1. The van der Waals surface area contributed by atoms with Crippen molar-refractivity contribution < 1.29 is 5.11 Å². The fourth-order valence-electron chi connectivity index (χ4n) is 4.18. The molecule has 1 heteroatoms. The van der Waals surface area contributed by atoms with E-state index in [9.17, 15) is 5.11 Å². The van der Waals surface area contributed by atoms with Crippen molar-refractivity contribution in [3.8, 4) is 0 Å². The lowest BCUT2D eigenvalue weighted by Gasteiger charge is -2.50. The van der Waals surface area contributed by atoms with Crippen molar-refractivity contribution >= 4 is 0 Å². The molecule has 0 aromatic heterocycles. The third kappa shape index (κ3) is 1.71. The SMILES string of the molecule is CC1(C)CCCC2CCCC(CO)C21. The molecule has 2 fully saturated rings. The van der Waals surface area contributed by atoms with Gasteiger partial charge >= 0.3 is 0 Å². The molecule has 1 nitrogen and oxygen atoms in total. The normalized spacial score (nSPS) is 41.8. The molecule has 0 aliphatic heterocycles. The Morgan fingerprint density at radius 2 is 1.86 bits per heavy atom. The second kappa shape index (κ2) is 3.84. The molecule has 0 heterocycles. The topological polar surface area (TPSA) is 20.2 Å². The van der Waals surface area contributed by atoms with Crippen LogP contribution in [0.15, 0.2) is 0 Å². The second-order valence-corrected chi connectivity index (χ2v) is 6.04. The van der Waals surface area contributed by atoms with Crippen LogP contribution in [-0.2, 0) is 0 Å². The lowest BCUT2D eigenvalue weighted by molar-refractivity contribution is -0.0271. The second-order valence-electron chi connectivity index (χ2n) is 6.04. The van der Waals surface area contributed by atoms with E-state index in [0.29, 0.717) is 17.9 Å². The minimum atomic E-state index is 0.421. The summed E-state index contributed by atoms with van der Waals surface area (Å²) in [5, 5.41) is 9.46. The summed E-state index contributed by atoms with van der Waals surface area (Å²) in [6.07, 6.45) is 8.23. The van der Waals surface area contributed by atoms with Gasteiger partial charge in [0.15, 0.2) is 0 Å². The van der Waals surface area contributed by atoms with Gasteiger partial charge in [0.05, 0.1) is 0 Å². The van der Waals surface area contributed by atoms with Crippen LogP contribution in [0.1, 0.15) is 52.4 Å². The summed E-state index contributed by atoms with van der Waals surface area (Å²) >= 11 is 0. The molecule has 2 aliphatic carbocycles. The van der Waals surface area contributed by atoms with Crippen molar-refractivity contribution in [2.24, 2.45) is 23.2 Å². The van der Waals surface area contributed by atoms with Crippen LogP contribution in [0, 0.1) is 23.2 Å². The zero-order chi connectivity index (χ0) is 10.2. The summed E-state index contributed by atoms with van der Waals surface area (Å²) in [4.78, 5) is 0. The monoisotopic (exact) mass is 196 g/mol. The number of aliphatic hydroxyl groups is 1. The average Bonchev–Trinajstić information content (AvgIpc) is 2.16. The molecule has 0 spiro atoms. The molecule has 2 saturated carbocycles. The zero-order valence-electron chi connectivity index (χ0n) is 9.63. The molecular weight excluding hydrogens is 172 g/mol. The van der Waals surface area contributed by atoms with Crippen molar-refractivity contribution in [2.45, 2.75) is 52.4 Å². The first kappa shape index (κ1) is 10.5. The Balaban J connectivity index is 2.17. The van der Waals surface area contributed by atoms with Crippen molar-refractivity contribution in [3.63, 3.8) is 0 Å².